The molecule has 2 unspecified atom stereocenters. The highest BCUT2D eigenvalue weighted by atomic mass is 16.3. The van der Waals surface area contributed by atoms with E-state index in [2.05, 4.69) is 0 Å². The van der Waals surface area contributed by atoms with Crippen LogP contribution in [0.4, 0.5) is 0 Å². The number of carbonyl (C=O) groups is 2. The molecule has 1 fully saturated rings. The van der Waals surface area contributed by atoms with E-state index in [0.29, 0.717) is 6.54 Å². The summed E-state index contributed by atoms with van der Waals surface area (Å²) < 4.78 is 0. The Morgan fingerprint density at radius 2 is 2.07 bits per heavy atom. The molecule has 2 amide bonds. The lowest BCUT2D eigenvalue weighted by molar-refractivity contribution is -0.135. The summed E-state index contributed by atoms with van der Waals surface area (Å²) in [6.07, 6.45) is 0.250. The van der Waals surface area contributed by atoms with E-state index in [9.17, 15) is 14.7 Å². The number of amides is 2. The van der Waals surface area contributed by atoms with Crippen molar-refractivity contribution in [1.29, 1.82) is 0 Å². The van der Waals surface area contributed by atoms with Gasteiger partial charge in [0.05, 0.1) is 6.04 Å². The Labute approximate surface area is 81.8 Å². The predicted molar refractivity (Wildman–Crippen MR) is 49.0 cm³/mol. The topological polar surface area (TPSA) is 110 Å². The molecular weight excluding hydrogens is 186 g/mol. The Morgan fingerprint density at radius 3 is 2.43 bits per heavy atom. The van der Waals surface area contributed by atoms with E-state index >= 15 is 0 Å². The molecule has 0 saturated carbocycles. The molecule has 0 radical (unpaired) electrons. The summed E-state index contributed by atoms with van der Waals surface area (Å²) >= 11 is 0. The van der Waals surface area contributed by atoms with Gasteiger partial charge in [-0.05, 0) is 13.3 Å². The van der Waals surface area contributed by atoms with Gasteiger partial charge < -0.3 is 16.6 Å². The quantitative estimate of drug-likeness (QED) is 0.480. The zero-order valence-corrected chi connectivity index (χ0v) is 8.06. The first-order valence-electron chi connectivity index (χ1n) is 4.42. The SMILES string of the molecule is CC(C(N)=O)N1CCC(O)(C(N)=O)C1. The van der Waals surface area contributed by atoms with Crippen molar-refractivity contribution in [3.8, 4) is 0 Å². The Balaban J connectivity index is 2.65. The van der Waals surface area contributed by atoms with E-state index < -0.39 is 23.5 Å². The number of β-amino-alcohol motifs (C(OH)–C–C–N with tert-alkyl or cyclic N) is 1. The maximum atomic E-state index is 10.9. The highest BCUT2D eigenvalue weighted by Gasteiger charge is 2.43. The third-order valence-electron chi connectivity index (χ3n) is 2.70. The molecule has 0 aliphatic carbocycles. The number of primary amides is 2. The maximum Gasteiger partial charge on any atom is 0.250 e. The highest BCUT2D eigenvalue weighted by Crippen LogP contribution is 2.22. The van der Waals surface area contributed by atoms with Crippen LogP contribution in [-0.4, -0.2) is 46.6 Å². The van der Waals surface area contributed by atoms with Crippen LogP contribution in [0.1, 0.15) is 13.3 Å². The fraction of sp³-hybridized carbons (Fsp3) is 0.750. The summed E-state index contributed by atoms with van der Waals surface area (Å²) in [7, 11) is 0. The smallest absolute Gasteiger partial charge is 0.250 e. The predicted octanol–water partition coefficient (Wildman–Crippen LogP) is -2.22. The molecule has 1 rings (SSSR count). The fourth-order valence-electron chi connectivity index (χ4n) is 1.53. The first-order valence-corrected chi connectivity index (χ1v) is 4.42. The molecule has 1 aliphatic heterocycles. The number of carbonyl (C=O) groups excluding carboxylic acids is 2. The van der Waals surface area contributed by atoms with Gasteiger partial charge in [-0.25, -0.2) is 0 Å². The average molecular weight is 201 g/mol. The normalized spacial score (nSPS) is 30.1. The van der Waals surface area contributed by atoms with Crippen LogP contribution in [0.5, 0.6) is 0 Å². The third kappa shape index (κ3) is 1.85. The average Bonchev–Trinajstić information content (AvgIpc) is 2.48. The van der Waals surface area contributed by atoms with Gasteiger partial charge in [-0.15, -0.1) is 0 Å². The van der Waals surface area contributed by atoms with Crippen LogP contribution in [-0.2, 0) is 9.59 Å². The van der Waals surface area contributed by atoms with Crippen molar-refractivity contribution in [1.82, 2.24) is 4.90 Å². The van der Waals surface area contributed by atoms with Crippen LogP contribution >= 0.6 is 0 Å². The first-order chi connectivity index (χ1) is 6.37. The molecule has 14 heavy (non-hydrogen) atoms. The minimum absolute atomic E-state index is 0.0758. The molecule has 6 heteroatoms. The van der Waals surface area contributed by atoms with Crippen LogP contribution in [0, 0.1) is 0 Å². The number of nitrogens with two attached hydrogens (primary N) is 2. The maximum absolute atomic E-state index is 10.9. The van der Waals surface area contributed by atoms with Crippen molar-refractivity contribution >= 4 is 11.8 Å². The number of nitrogens with zero attached hydrogens (tertiary/aromatic N) is 1. The van der Waals surface area contributed by atoms with Gasteiger partial charge >= 0.3 is 0 Å². The minimum Gasteiger partial charge on any atom is -0.379 e. The minimum atomic E-state index is -1.51. The summed E-state index contributed by atoms with van der Waals surface area (Å²) in [5.41, 5.74) is 8.63. The molecule has 6 nitrogen and oxygen atoms in total. The van der Waals surface area contributed by atoms with Crippen molar-refractivity contribution in [2.24, 2.45) is 11.5 Å². The van der Waals surface area contributed by atoms with Crippen molar-refractivity contribution in [2.75, 3.05) is 13.1 Å². The van der Waals surface area contributed by atoms with Crippen LogP contribution in [0.3, 0.4) is 0 Å². The van der Waals surface area contributed by atoms with Gasteiger partial charge in [0.1, 0.15) is 0 Å². The number of aliphatic hydroxyl groups is 1. The number of hydrogen-bond donors (Lipinski definition) is 3. The van der Waals surface area contributed by atoms with E-state index in [1.165, 1.54) is 0 Å². The number of hydrogen-bond acceptors (Lipinski definition) is 4. The van der Waals surface area contributed by atoms with Crippen molar-refractivity contribution in [3.05, 3.63) is 0 Å². The standard InChI is InChI=1S/C8H15N3O3/c1-5(6(9)12)11-3-2-8(14,4-11)7(10)13/h5,14H,2-4H2,1H3,(H2,9,12)(H2,10,13). The Bertz CT molecular complexity index is 269. The summed E-state index contributed by atoms with van der Waals surface area (Å²) in [6, 6.07) is -0.483. The van der Waals surface area contributed by atoms with Crippen molar-refractivity contribution in [3.63, 3.8) is 0 Å². The van der Waals surface area contributed by atoms with Crippen LogP contribution in [0.15, 0.2) is 0 Å². The van der Waals surface area contributed by atoms with E-state index in [-0.39, 0.29) is 13.0 Å². The zero-order chi connectivity index (χ0) is 10.9. The molecule has 0 aromatic carbocycles. The highest BCUT2D eigenvalue weighted by molar-refractivity contribution is 5.84. The van der Waals surface area contributed by atoms with E-state index in [1.807, 2.05) is 0 Å². The second-order valence-electron chi connectivity index (χ2n) is 3.69. The molecule has 80 valence electrons. The number of likely N-dealkylation sites (tertiary alicyclic amines) is 1. The molecule has 5 N–H and O–H groups in total. The molecule has 1 saturated heterocycles. The molecule has 1 heterocycles. The van der Waals surface area contributed by atoms with E-state index in [0.717, 1.165) is 0 Å². The van der Waals surface area contributed by atoms with Gasteiger partial charge in [-0.1, -0.05) is 0 Å². The molecule has 0 bridgehead atoms. The molecular formula is C8H15N3O3. The zero-order valence-electron chi connectivity index (χ0n) is 8.06. The van der Waals surface area contributed by atoms with Gasteiger partial charge in [-0.3, -0.25) is 14.5 Å². The lowest BCUT2D eigenvalue weighted by atomic mass is 10.0. The summed E-state index contributed by atoms with van der Waals surface area (Å²) in [5, 5.41) is 9.70. The van der Waals surface area contributed by atoms with Crippen molar-refractivity contribution < 1.29 is 14.7 Å². The second kappa shape index (κ2) is 3.55. The van der Waals surface area contributed by atoms with Gasteiger partial charge in [-0.2, -0.15) is 0 Å². The lowest BCUT2D eigenvalue weighted by Gasteiger charge is -2.23. The Morgan fingerprint density at radius 1 is 1.50 bits per heavy atom. The van der Waals surface area contributed by atoms with Crippen LogP contribution in [0.2, 0.25) is 0 Å². The van der Waals surface area contributed by atoms with Crippen molar-refractivity contribution in [2.45, 2.75) is 25.0 Å². The summed E-state index contributed by atoms with van der Waals surface area (Å²) in [5.74, 6) is -1.23. The van der Waals surface area contributed by atoms with Gasteiger partial charge in [0.25, 0.3) is 5.91 Å². The van der Waals surface area contributed by atoms with E-state index in [1.54, 1.807) is 11.8 Å². The van der Waals surface area contributed by atoms with Gasteiger partial charge in [0.15, 0.2) is 5.60 Å². The molecule has 1 aliphatic rings. The van der Waals surface area contributed by atoms with Gasteiger partial charge in [0, 0.05) is 13.1 Å². The fourth-order valence-corrected chi connectivity index (χ4v) is 1.53. The van der Waals surface area contributed by atoms with Crippen LogP contribution < -0.4 is 11.5 Å². The number of rotatable bonds is 3. The first kappa shape index (κ1) is 10.9. The Hall–Kier alpha value is -1.14. The molecule has 0 aromatic heterocycles. The van der Waals surface area contributed by atoms with E-state index in [4.69, 9.17) is 11.5 Å². The van der Waals surface area contributed by atoms with Gasteiger partial charge in [0.2, 0.25) is 5.91 Å². The summed E-state index contributed by atoms with van der Waals surface area (Å²) in [6.45, 7) is 2.16. The lowest BCUT2D eigenvalue weighted by Crippen LogP contribution is -2.49. The van der Waals surface area contributed by atoms with Crippen LogP contribution in [0.25, 0.3) is 0 Å². The molecule has 0 aromatic rings. The second-order valence-corrected chi connectivity index (χ2v) is 3.69. The largest absolute Gasteiger partial charge is 0.379 e. The molecule has 0 spiro atoms. The summed E-state index contributed by atoms with van der Waals surface area (Å²) in [4.78, 5) is 23.4. The molecule has 2 atom stereocenters. The third-order valence-corrected chi connectivity index (χ3v) is 2.70. The Kier molecular flexibility index (Phi) is 2.77. The monoisotopic (exact) mass is 201 g/mol.